The summed E-state index contributed by atoms with van der Waals surface area (Å²) in [4.78, 5) is 12.3. The number of aryl methyl sites for hydroxylation is 2. The molecule has 0 aliphatic carbocycles. The number of para-hydroxylation sites is 1. The number of benzene rings is 3. The van der Waals surface area contributed by atoms with Gasteiger partial charge in [0.1, 0.15) is 5.75 Å². The Morgan fingerprint density at radius 1 is 1.03 bits per heavy atom. The Morgan fingerprint density at radius 3 is 2.41 bits per heavy atom. The van der Waals surface area contributed by atoms with Crippen molar-refractivity contribution in [1.82, 2.24) is 0 Å². The molecule has 9 heteroatoms. The van der Waals surface area contributed by atoms with Crippen LogP contribution in [0.5, 0.6) is 5.75 Å². The maximum Gasteiger partial charge on any atom is 0.262 e. The third-order valence-electron chi connectivity index (χ3n) is 4.67. The van der Waals surface area contributed by atoms with Gasteiger partial charge in [0.15, 0.2) is 6.61 Å². The van der Waals surface area contributed by atoms with Crippen molar-refractivity contribution in [2.45, 2.75) is 25.2 Å². The molecule has 3 aromatic rings. The zero-order valence-corrected chi connectivity index (χ0v) is 19.8. The average Bonchev–Trinajstić information content (AvgIpc) is 2.75. The van der Waals surface area contributed by atoms with Crippen molar-refractivity contribution in [2.75, 3.05) is 16.6 Å². The molecule has 0 aliphatic heterocycles. The Bertz CT molecular complexity index is 1230. The van der Waals surface area contributed by atoms with Gasteiger partial charge in [-0.05, 0) is 66.9 Å². The van der Waals surface area contributed by atoms with E-state index in [0.717, 1.165) is 23.2 Å². The van der Waals surface area contributed by atoms with E-state index in [9.17, 15) is 13.2 Å². The number of anilines is 2. The SMILES string of the molecule is CCc1cccc(C)c1NC(=O)COc1ccc(S(=O)(=O)Nc2ccc(Cl)cc2)cc1Cl. The van der Waals surface area contributed by atoms with Crippen molar-refractivity contribution in [1.29, 1.82) is 0 Å². The van der Waals surface area contributed by atoms with Crippen LogP contribution in [0.15, 0.2) is 65.6 Å². The average molecular weight is 493 g/mol. The molecule has 3 rings (SSSR count). The highest BCUT2D eigenvalue weighted by atomic mass is 35.5. The van der Waals surface area contributed by atoms with Crippen LogP contribution in [0.3, 0.4) is 0 Å². The second-order valence-corrected chi connectivity index (χ2v) is 9.53. The lowest BCUT2D eigenvalue weighted by Crippen LogP contribution is -2.21. The molecule has 32 heavy (non-hydrogen) atoms. The van der Waals surface area contributed by atoms with Crippen LogP contribution in [-0.2, 0) is 21.2 Å². The number of amides is 1. The van der Waals surface area contributed by atoms with Gasteiger partial charge in [0.25, 0.3) is 15.9 Å². The number of nitrogens with one attached hydrogen (secondary N) is 2. The molecular formula is C23H22Cl2N2O4S. The van der Waals surface area contributed by atoms with Gasteiger partial charge in [0.05, 0.1) is 9.92 Å². The molecule has 2 N–H and O–H groups in total. The fourth-order valence-electron chi connectivity index (χ4n) is 3.02. The van der Waals surface area contributed by atoms with Crippen LogP contribution in [0, 0.1) is 6.92 Å². The van der Waals surface area contributed by atoms with Crippen molar-refractivity contribution in [2.24, 2.45) is 0 Å². The van der Waals surface area contributed by atoms with E-state index < -0.39 is 10.0 Å². The van der Waals surface area contributed by atoms with E-state index in [4.69, 9.17) is 27.9 Å². The summed E-state index contributed by atoms with van der Waals surface area (Å²) in [5.41, 5.74) is 3.12. The highest BCUT2D eigenvalue weighted by Crippen LogP contribution is 2.29. The topological polar surface area (TPSA) is 84.5 Å². The maximum atomic E-state index is 12.6. The Morgan fingerprint density at radius 2 is 1.75 bits per heavy atom. The predicted molar refractivity (Wildman–Crippen MR) is 128 cm³/mol. The number of carbonyl (C=O) groups is 1. The summed E-state index contributed by atoms with van der Waals surface area (Å²) < 4.78 is 33.2. The molecule has 0 aliphatic rings. The summed E-state index contributed by atoms with van der Waals surface area (Å²) in [6.45, 7) is 3.66. The number of hydrogen-bond donors (Lipinski definition) is 2. The molecule has 0 radical (unpaired) electrons. The molecule has 0 aromatic heterocycles. The Hall–Kier alpha value is -2.74. The molecule has 0 heterocycles. The van der Waals surface area contributed by atoms with Crippen molar-refractivity contribution >= 4 is 50.5 Å². The highest BCUT2D eigenvalue weighted by Gasteiger charge is 2.17. The molecule has 1 amide bonds. The molecular weight excluding hydrogens is 471 g/mol. The summed E-state index contributed by atoms with van der Waals surface area (Å²) in [5.74, 6) is -0.140. The number of halogens is 2. The summed E-state index contributed by atoms with van der Waals surface area (Å²) >= 11 is 12.0. The van der Waals surface area contributed by atoms with Gasteiger partial charge in [-0.3, -0.25) is 9.52 Å². The lowest BCUT2D eigenvalue weighted by atomic mass is 10.1. The molecule has 168 valence electrons. The number of hydrogen-bond acceptors (Lipinski definition) is 4. The molecule has 0 unspecified atom stereocenters. The van der Waals surface area contributed by atoms with Crippen LogP contribution in [-0.4, -0.2) is 20.9 Å². The minimum Gasteiger partial charge on any atom is -0.482 e. The number of rotatable bonds is 8. The van der Waals surface area contributed by atoms with Crippen LogP contribution in [0.2, 0.25) is 10.0 Å². The van der Waals surface area contributed by atoms with Gasteiger partial charge in [-0.2, -0.15) is 0 Å². The molecule has 0 fully saturated rings. The van der Waals surface area contributed by atoms with E-state index in [1.54, 1.807) is 24.3 Å². The Kier molecular flexibility index (Phi) is 7.66. The van der Waals surface area contributed by atoms with Gasteiger partial charge in [0.2, 0.25) is 0 Å². The van der Waals surface area contributed by atoms with E-state index in [2.05, 4.69) is 10.0 Å². The molecule has 0 atom stereocenters. The minimum absolute atomic E-state index is 0.0400. The van der Waals surface area contributed by atoms with Crippen LogP contribution >= 0.6 is 23.2 Å². The van der Waals surface area contributed by atoms with Crippen molar-refractivity contribution in [3.63, 3.8) is 0 Å². The summed E-state index contributed by atoms with van der Waals surface area (Å²) in [6.07, 6.45) is 0.782. The third kappa shape index (κ3) is 5.94. The largest absolute Gasteiger partial charge is 0.482 e. The van der Waals surface area contributed by atoms with Crippen LogP contribution in [0.25, 0.3) is 0 Å². The first-order chi connectivity index (χ1) is 15.2. The minimum atomic E-state index is -3.86. The normalized spacial score (nSPS) is 11.1. The molecule has 0 saturated heterocycles. The predicted octanol–water partition coefficient (Wildman–Crippen LogP) is 5.68. The van der Waals surface area contributed by atoms with Crippen molar-refractivity contribution in [3.8, 4) is 5.75 Å². The van der Waals surface area contributed by atoms with E-state index in [-0.39, 0.29) is 28.2 Å². The lowest BCUT2D eigenvalue weighted by Gasteiger charge is -2.14. The smallest absolute Gasteiger partial charge is 0.262 e. The van der Waals surface area contributed by atoms with E-state index in [0.29, 0.717) is 10.7 Å². The van der Waals surface area contributed by atoms with Gasteiger partial charge in [-0.25, -0.2) is 8.42 Å². The summed E-state index contributed by atoms with van der Waals surface area (Å²) in [7, 11) is -3.86. The van der Waals surface area contributed by atoms with Gasteiger partial charge in [-0.1, -0.05) is 48.3 Å². The zero-order valence-electron chi connectivity index (χ0n) is 17.5. The maximum absolute atomic E-state index is 12.6. The molecule has 0 bridgehead atoms. The van der Waals surface area contributed by atoms with E-state index >= 15 is 0 Å². The van der Waals surface area contributed by atoms with Gasteiger partial charge in [-0.15, -0.1) is 0 Å². The van der Waals surface area contributed by atoms with Crippen LogP contribution < -0.4 is 14.8 Å². The second-order valence-electron chi connectivity index (χ2n) is 7.00. The molecule has 0 spiro atoms. The zero-order chi connectivity index (χ0) is 23.3. The monoisotopic (exact) mass is 492 g/mol. The quantitative estimate of drug-likeness (QED) is 0.423. The number of carbonyl (C=O) groups excluding carboxylic acids is 1. The van der Waals surface area contributed by atoms with Crippen molar-refractivity contribution in [3.05, 3.63) is 81.8 Å². The Labute approximate surface area is 197 Å². The Balaban J connectivity index is 1.66. The fourth-order valence-corrected chi connectivity index (χ4v) is 4.53. The fraction of sp³-hybridized carbons (Fsp3) is 0.174. The second kappa shape index (κ2) is 10.3. The summed E-state index contributed by atoms with van der Waals surface area (Å²) in [6, 6.07) is 16.1. The van der Waals surface area contributed by atoms with E-state index in [1.165, 1.54) is 18.2 Å². The highest BCUT2D eigenvalue weighted by molar-refractivity contribution is 7.92. The first-order valence-electron chi connectivity index (χ1n) is 9.78. The van der Waals surface area contributed by atoms with Crippen molar-refractivity contribution < 1.29 is 17.9 Å². The van der Waals surface area contributed by atoms with E-state index in [1.807, 2.05) is 32.0 Å². The van der Waals surface area contributed by atoms with Crippen LogP contribution in [0.4, 0.5) is 11.4 Å². The van der Waals surface area contributed by atoms with Gasteiger partial charge >= 0.3 is 0 Å². The molecule has 3 aromatic carbocycles. The van der Waals surface area contributed by atoms with Gasteiger partial charge in [0, 0.05) is 16.4 Å². The number of ether oxygens (including phenoxy) is 1. The lowest BCUT2D eigenvalue weighted by molar-refractivity contribution is -0.118. The number of sulfonamides is 1. The van der Waals surface area contributed by atoms with Crippen LogP contribution in [0.1, 0.15) is 18.1 Å². The molecule has 6 nitrogen and oxygen atoms in total. The summed E-state index contributed by atoms with van der Waals surface area (Å²) in [5, 5.41) is 3.43. The standard InChI is InChI=1S/C23H22Cl2N2O4S/c1-3-16-6-4-5-15(2)23(16)26-22(28)14-31-21-12-11-19(13-20(21)25)32(29,30)27-18-9-7-17(24)8-10-18/h4-13,27H,3,14H2,1-2H3,(H,26,28). The molecule has 0 saturated carbocycles. The van der Waals surface area contributed by atoms with Gasteiger partial charge < -0.3 is 10.1 Å². The first-order valence-corrected chi connectivity index (χ1v) is 12.0. The third-order valence-corrected chi connectivity index (χ3v) is 6.60. The first kappa shape index (κ1) is 23.9.